The minimum atomic E-state index is 0.780. The Bertz CT molecular complexity index is 344. The van der Waals surface area contributed by atoms with E-state index in [0.717, 1.165) is 36.5 Å². The van der Waals surface area contributed by atoms with E-state index < -0.39 is 0 Å². The molecule has 0 aliphatic carbocycles. The van der Waals surface area contributed by atoms with Gasteiger partial charge in [-0.05, 0) is 47.6 Å². The van der Waals surface area contributed by atoms with Gasteiger partial charge in [-0.15, -0.1) is 0 Å². The lowest BCUT2D eigenvalue weighted by Crippen LogP contribution is -2.22. The van der Waals surface area contributed by atoms with Crippen molar-refractivity contribution >= 4 is 15.9 Å². The molecule has 0 saturated carbocycles. The third kappa shape index (κ3) is 5.06. The van der Waals surface area contributed by atoms with Crippen LogP contribution in [0.1, 0.15) is 12.5 Å². The SMILES string of the molecule is CCOCCN(C)Cc1ccc(OC)c(Br)c1. The van der Waals surface area contributed by atoms with Crippen LogP contribution in [-0.2, 0) is 11.3 Å². The Hall–Kier alpha value is -0.580. The van der Waals surface area contributed by atoms with Crippen molar-refractivity contribution in [3.8, 4) is 5.75 Å². The van der Waals surface area contributed by atoms with E-state index in [-0.39, 0.29) is 0 Å². The van der Waals surface area contributed by atoms with Crippen LogP contribution in [0.25, 0.3) is 0 Å². The van der Waals surface area contributed by atoms with Gasteiger partial charge in [0.25, 0.3) is 0 Å². The summed E-state index contributed by atoms with van der Waals surface area (Å²) in [5.41, 5.74) is 1.26. The van der Waals surface area contributed by atoms with Gasteiger partial charge in [-0.1, -0.05) is 6.07 Å². The summed E-state index contributed by atoms with van der Waals surface area (Å²) in [6.45, 7) is 5.43. The molecule has 1 aromatic carbocycles. The third-order valence-electron chi connectivity index (χ3n) is 2.49. The molecular weight excluding hydrogens is 282 g/mol. The largest absolute Gasteiger partial charge is 0.496 e. The molecule has 0 amide bonds. The lowest BCUT2D eigenvalue weighted by molar-refractivity contribution is 0.120. The number of methoxy groups -OCH3 is 1. The van der Waals surface area contributed by atoms with Gasteiger partial charge in [0.15, 0.2) is 0 Å². The van der Waals surface area contributed by atoms with E-state index in [1.54, 1.807) is 7.11 Å². The Labute approximate surface area is 112 Å². The Morgan fingerprint density at radius 3 is 2.71 bits per heavy atom. The van der Waals surface area contributed by atoms with Crippen molar-refractivity contribution in [3.63, 3.8) is 0 Å². The summed E-state index contributed by atoms with van der Waals surface area (Å²) in [6.07, 6.45) is 0. The van der Waals surface area contributed by atoms with E-state index in [4.69, 9.17) is 9.47 Å². The molecule has 3 nitrogen and oxygen atoms in total. The number of ether oxygens (including phenoxy) is 2. The summed E-state index contributed by atoms with van der Waals surface area (Å²) >= 11 is 3.49. The van der Waals surface area contributed by atoms with Crippen LogP contribution in [0, 0.1) is 0 Å². The Balaban J connectivity index is 2.48. The molecule has 0 atom stereocenters. The lowest BCUT2D eigenvalue weighted by atomic mass is 10.2. The predicted octanol–water partition coefficient (Wildman–Crippen LogP) is 2.93. The van der Waals surface area contributed by atoms with Crippen LogP contribution in [0.3, 0.4) is 0 Å². The summed E-state index contributed by atoms with van der Waals surface area (Å²) in [6, 6.07) is 6.16. The molecule has 0 unspecified atom stereocenters. The fraction of sp³-hybridized carbons (Fsp3) is 0.538. The summed E-state index contributed by atoms with van der Waals surface area (Å²) in [5, 5.41) is 0. The molecule has 0 aromatic heterocycles. The highest BCUT2D eigenvalue weighted by atomic mass is 79.9. The predicted molar refractivity (Wildman–Crippen MR) is 73.5 cm³/mol. The molecule has 0 bridgehead atoms. The Morgan fingerprint density at radius 1 is 1.35 bits per heavy atom. The summed E-state index contributed by atoms with van der Waals surface area (Å²) in [5.74, 6) is 0.866. The second-order valence-electron chi connectivity index (χ2n) is 3.90. The highest BCUT2D eigenvalue weighted by molar-refractivity contribution is 9.10. The Morgan fingerprint density at radius 2 is 2.12 bits per heavy atom. The number of benzene rings is 1. The summed E-state index contributed by atoms with van der Waals surface area (Å²) in [4.78, 5) is 2.24. The molecule has 96 valence electrons. The molecule has 0 aliphatic heterocycles. The maximum atomic E-state index is 5.33. The van der Waals surface area contributed by atoms with Crippen LogP contribution in [0.5, 0.6) is 5.75 Å². The molecule has 0 fully saturated rings. The maximum Gasteiger partial charge on any atom is 0.133 e. The van der Waals surface area contributed by atoms with Crippen molar-refractivity contribution < 1.29 is 9.47 Å². The zero-order valence-electron chi connectivity index (χ0n) is 10.7. The molecule has 0 heterocycles. The van der Waals surface area contributed by atoms with Gasteiger partial charge in [0.2, 0.25) is 0 Å². The number of hydrogen-bond acceptors (Lipinski definition) is 3. The first-order valence-electron chi connectivity index (χ1n) is 5.76. The van der Waals surface area contributed by atoms with Crippen molar-refractivity contribution in [2.75, 3.05) is 33.9 Å². The maximum absolute atomic E-state index is 5.33. The summed E-state index contributed by atoms with van der Waals surface area (Å²) < 4.78 is 11.5. The average Bonchev–Trinajstić information content (AvgIpc) is 2.29. The second kappa shape index (κ2) is 7.69. The van der Waals surface area contributed by atoms with Crippen LogP contribution in [0.2, 0.25) is 0 Å². The number of halogens is 1. The first-order valence-corrected chi connectivity index (χ1v) is 6.55. The highest BCUT2D eigenvalue weighted by Gasteiger charge is 2.04. The first kappa shape index (κ1) is 14.5. The lowest BCUT2D eigenvalue weighted by Gasteiger charge is -2.17. The summed E-state index contributed by atoms with van der Waals surface area (Å²) in [7, 11) is 3.77. The fourth-order valence-electron chi connectivity index (χ4n) is 1.56. The molecule has 0 spiro atoms. The third-order valence-corrected chi connectivity index (χ3v) is 3.11. The second-order valence-corrected chi connectivity index (χ2v) is 4.76. The monoisotopic (exact) mass is 301 g/mol. The van der Waals surface area contributed by atoms with E-state index >= 15 is 0 Å². The van der Waals surface area contributed by atoms with E-state index in [2.05, 4.69) is 40.0 Å². The molecule has 1 rings (SSSR count). The van der Waals surface area contributed by atoms with Gasteiger partial charge in [0, 0.05) is 19.7 Å². The van der Waals surface area contributed by atoms with Crippen LogP contribution in [-0.4, -0.2) is 38.8 Å². The zero-order valence-corrected chi connectivity index (χ0v) is 12.3. The smallest absolute Gasteiger partial charge is 0.133 e. The van der Waals surface area contributed by atoms with Gasteiger partial charge in [-0.25, -0.2) is 0 Å². The molecular formula is C13H20BrNO2. The van der Waals surface area contributed by atoms with Gasteiger partial charge in [0.05, 0.1) is 18.2 Å². The normalized spacial score (nSPS) is 10.9. The van der Waals surface area contributed by atoms with Crippen LogP contribution < -0.4 is 4.74 Å². The molecule has 0 N–H and O–H groups in total. The minimum absolute atomic E-state index is 0.780. The minimum Gasteiger partial charge on any atom is -0.496 e. The van der Waals surface area contributed by atoms with E-state index in [9.17, 15) is 0 Å². The van der Waals surface area contributed by atoms with Gasteiger partial charge in [-0.3, -0.25) is 4.90 Å². The van der Waals surface area contributed by atoms with E-state index in [1.165, 1.54) is 5.56 Å². The van der Waals surface area contributed by atoms with E-state index in [0.29, 0.717) is 0 Å². The first-order chi connectivity index (χ1) is 8.17. The van der Waals surface area contributed by atoms with Crippen molar-refractivity contribution in [1.29, 1.82) is 0 Å². The molecule has 0 aliphatic rings. The molecule has 1 aromatic rings. The van der Waals surface area contributed by atoms with Crippen molar-refractivity contribution in [2.45, 2.75) is 13.5 Å². The quantitative estimate of drug-likeness (QED) is 0.723. The fourth-order valence-corrected chi connectivity index (χ4v) is 2.15. The standard InChI is InChI=1S/C13H20BrNO2/c1-4-17-8-7-15(2)10-11-5-6-13(16-3)12(14)9-11/h5-6,9H,4,7-8,10H2,1-3H3. The number of nitrogens with zero attached hydrogens (tertiary/aromatic N) is 1. The van der Waals surface area contributed by atoms with Crippen molar-refractivity contribution in [1.82, 2.24) is 4.90 Å². The number of likely N-dealkylation sites (N-methyl/N-ethyl adjacent to an activating group) is 1. The van der Waals surface area contributed by atoms with Crippen LogP contribution >= 0.6 is 15.9 Å². The average molecular weight is 302 g/mol. The molecule has 0 saturated heterocycles. The van der Waals surface area contributed by atoms with E-state index in [1.807, 2.05) is 13.0 Å². The zero-order chi connectivity index (χ0) is 12.7. The van der Waals surface area contributed by atoms with Gasteiger partial charge >= 0.3 is 0 Å². The molecule has 0 radical (unpaired) electrons. The Kier molecular flexibility index (Phi) is 6.55. The van der Waals surface area contributed by atoms with Gasteiger partial charge < -0.3 is 9.47 Å². The van der Waals surface area contributed by atoms with Crippen molar-refractivity contribution in [2.24, 2.45) is 0 Å². The van der Waals surface area contributed by atoms with Crippen LogP contribution in [0.15, 0.2) is 22.7 Å². The van der Waals surface area contributed by atoms with Gasteiger partial charge in [0.1, 0.15) is 5.75 Å². The van der Waals surface area contributed by atoms with Crippen LogP contribution in [0.4, 0.5) is 0 Å². The molecule has 17 heavy (non-hydrogen) atoms. The topological polar surface area (TPSA) is 21.7 Å². The number of hydrogen-bond donors (Lipinski definition) is 0. The molecule has 4 heteroatoms. The van der Waals surface area contributed by atoms with Gasteiger partial charge in [-0.2, -0.15) is 0 Å². The van der Waals surface area contributed by atoms with Crippen molar-refractivity contribution in [3.05, 3.63) is 28.2 Å². The number of rotatable bonds is 7. The highest BCUT2D eigenvalue weighted by Crippen LogP contribution is 2.25.